The molecule has 0 aliphatic carbocycles. The van der Waals surface area contributed by atoms with E-state index in [-0.39, 0.29) is 16.2 Å². The summed E-state index contributed by atoms with van der Waals surface area (Å²) in [5.41, 5.74) is 12.7. The van der Waals surface area contributed by atoms with Gasteiger partial charge >= 0.3 is 0 Å². The van der Waals surface area contributed by atoms with Gasteiger partial charge in [-0.3, -0.25) is 4.57 Å². The van der Waals surface area contributed by atoms with E-state index in [0.29, 0.717) is 6.67 Å². The number of anilines is 2. The summed E-state index contributed by atoms with van der Waals surface area (Å²) in [5.74, 6) is 2.47. The molecule has 0 amide bonds. The third-order valence-electron chi connectivity index (χ3n) is 11.9. The number of aromatic nitrogens is 2. The van der Waals surface area contributed by atoms with Crippen molar-refractivity contribution in [2.24, 2.45) is 0 Å². The molecule has 5 nitrogen and oxygen atoms in total. The molecule has 0 radical (unpaired) electrons. The second-order valence-electron chi connectivity index (χ2n) is 19.6. The summed E-state index contributed by atoms with van der Waals surface area (Å²) in [6.45, 7) is 21.1. The fourth-order valence-corrected chi connectivity index (χ4v) is 8.35. The summed E-state index contributed by atoms with van der Waals surface area (Å²) >= 11 is 0. The van der Waals surface area contributed by atoms with E-state index in [1.54, 1.807) is 0 Å². The van der Waals surface area contributed by atoms with Crippen molar-refractivity contribution in [3.63, 3.8) is 0 Å². The lowest BCUT2D eigenvalue weighted by Gasteiger charge is -2.29. The van der Waals surface area contributed by atoms with Crippen LogP contribution >= 0.6 is 0 Å². The zero-order chi connectivity index (χ0) is 42.7. The number of nitrogens with zero attached hydrogens (tertiary/aromatic N) is 4. The van der Waals surface area contributed by atoms with E-state index in [1.807, 2.05) is 6.20 Å². The molecule has 0 saturated heterocycles. The van der Waals surface area contributed by atoms with E-state index in [0.717, 1.165) is 45.1 Å². The summed E-state index contributed by atoms with van der Waals surface area (Å²) in [7, 11) is 0. The van der Waals surface area contributed by atoms with Crippen molar-refractivity contribution in [3.05, 3.63) is 186 Å². The van der Waals surface area contributed by atoms with Gasteiger partial charge in [-0.25, -0.2) is 4.98 Å². The monoisotopic (exact) mass is 800 g/mol. The second kappa shape index (κ2) is 15.1. The van der Waals surface area contributed by atoms with Gasteiger partial charge in [-0.15, -0.1) is 0 Å². The van der Waals surface area contributed by atoms with Gasteiger partial charge in [0.05, 0.1) is 23.4 Å². The lowest BCUT2D eigenvalue weighted by Crippen LogP contribution is -2.27. The van der Waals surface area contributed by atoms with Gasteiger partial charge in [0.1, 0.15) is 17.3 Å². The molecule has 9 rings (SSSR count). The molecule has 306 valence electrons. The lowest BCUT2D eigenvalue weighted by molar-refractivity contribution is 0.479. The van der Waals surface area contributed by atoms with Gasteiger partial charge < -0.3 is 14.5 Å². The number of para-hydroxylation sites is 1. The molecule has 0 spiro atoms. The third kappa shape index (κ3) is 7.93. The molecule has 61 heavy (non-hydrogen) atoms. The number of ether oxygens (including phenoxy) is 1. The molecule has 0 bridgehead atoms. The van der Waals surface area contributed by atoms with Crippen LogP contribution in [0.2, 0.25) is 0 Å². The Morgan fingerprint density at radius 3 is 1.80 bits per heavy atom. The average Bonchev–Trinajstić information content (AvgIpc) is 3.84. The fourth-order valence-electron chi connectivity index (χ4n) is 8.35. The van der Waals surface area contributed by atoms with Crippen LogP contribution in [0.1, 0.15) is 84.6 Å². The Balaban J connectivity index is 1.14. The number of fused-ring (bicyclic) bond motifs is 3. The quantitative estimate of drug-likeness (QED) is 0.161. The Bertz CT molecular complexity index is 2920. The number of hydrogen-bond donors (Lipinski definition) is 0. The van der Waals surface area contributed by atoms with E-state index >= 15 is 0 Å². The van der Waals surface area contributed by atoms with Crippen LogP contribution in [0, 0.1) is 0 Å². The number of hydrogen-bond acceptors (Lipinski definition) is 4. The number of benzene rings is 6. The molecule has 8 aromatic rings. The predicted octanol–water partition coefficient (Wildman–Crippen LogP) is 14.8. The zero-order valence-electron chi connectivity index (χ0n) is 37.0. The average molecular weight is 801 g/mol. The topological polar surface area (TPSA) is 33.5 Å². The molecule has 0 N–H and O–H groups in total. The molecule has 0 unspecified atom stereocenters. The van der Waals surface area contributed by atoms with Gasteiger partial charge in [-0.05, 0) is 104 Å². The Morgan fingerprint density at radius 1 is 0.475 bits per heavy atom. The third-order valence-corrected chi connectivity index (χ3v) is 11.9. The van der Waals surface area contributed by atoms with E-state index < -0.39 is 0 Å². The van der Waals surface area contributed by atoms with Crippen LogP contribution in [-0.4, -0.2) is 16.2 Å². The van der Waals surface area contributed by atoms with Crippen molar-refractivity contribution in [1.29, 1.82) is 0 Å². The highest BCUT2D eigenvalue weighted by atomic mass is 16.5. The van der Waals surface area contributed by atoms with E-state index in [1.165, 1.54) is 44.5 Å². The molecule has 0 fully saturated rings. The van der Waals surface area contributed by atoms with Gasteiger partial charge in [-0.2, -0.15) is 0 Å². The predicted molar refractivity (Wildman–Crippen MR) is 257 cm³/mol. The second-order valence-corrected chi connectivity index (χ2v) is 19.6. The first-order valence-electron chi connectivity index (χ1n) is 21.5. The minimum atomic E-state index is -0.120. The van der Waals surface area contributed by atoms with Crippen LogP contribution in [0.3, 0.4) is 0 Å². The summed E-state index contributed by atoms with van der Waals surface area (Å²) in [4.78, 5) is 9.73. The summed E-state index contributed by atoms with van der Waals surface area (Å²) in [6, 6.07) is 54.6. The Labute approximate surface area is 361 Å². The van der Waals surface area contributed by atoms with Crippen LogP contribution < -0.4 is 14.5 Å². The van der Waals surface area contributed by atoms with Gasteiger partial charge in [0.15, 0.2) is 0 Å². The number of pyridine rings is 1. The van der Waals surface area contributed by atoms with Gasteiger partial charge in [0.2, 0.25) is 0 Å². The zero-order valence-corrected chi connectivity index (χ0v) is 37.0. The molecule has 0 atom stereocenters. The van der Waals surface area contributed by atoms with Gasteiger partial charge in [0, 0.05) is 46.7 Å². The van der Waals surface area contributed by atoms with Crippen LogP contribution in [0.5, 0.6) is 11.5 Å². The van der Waals surface area contributed by atoms with E-state index in [4.69, 9.17) is 9.72 Å². The van der Waals surface area contributed by atoms with Crippen LogP contribution in [-0.2, 0) is 16.2 Å². The molecule has 1 aliphatic rings. The first-order valence-corrected chi connectivity index (χ1v) is 21.5. The molecular weight excluding hydrogens is 745 g/mol. The minimum absolute atomic E-state index is 0.00845. The Hall–Kier alpha value is -6.59. The maximum atomic E-state index is 6.93. The fraction of sp³-hybridized carbons (Fsp3) is 0.232. The Kier molecular flexibility index (Phi) is 9.90. The number of rotatable bonds is 7. The highest BCUT2D eigenvalue weighted by Crippen LogP contribution is 2.42. The highest BCUT2D eigenvalue weighted by Gasteiger charge is 2.28. The maximum Gasteiger partial charge on any atom is 0.137 e. The summed E-state index contributed by atoms with van der Waals surface area (Å²) < 4.78 is 9.21. The molecule has 5 heteroatoms. The summed E-state index contributed by atoms with van der Waals surface area (Å²) in [6.07, 6.45) is 4.23. The SMILES string of the molecule is CC(C)(C)c1cc(Oc2ccc3c4ccccc4n(-c4cc(C(C)(C)C)ccn4)c3c2)cc(N2C=C(c3ccccc3)N(c3cc(-c4ccccc4)cc(C(C)(C)C)c3)C2)c1. The molecular formula is C56H56N4O. The van der Waals surface area contributed by atoms with Crippen LogP contribution in [0.25, 0.3) is 44.4 Å². The largest absolute Gasteiger partial charge is 0.457 e. The molecule has 3 heterocycles. The smallest absolute Gasteiger partial charge is 0.137 e. The molecule has 2 aromatic heterocycles. The minimum Gasteiger partial charge on any atom is -0.457 e. The lowest BCUT2D eigenvalue weighted by atomic mass is 9.85. The first-order chi connectivity index (χ1) is 29.1. The maximum absolute atomic E-state index is 6.93. The molecule has 1 aliphatic heterocycles. The van der Waals surface area contributed by atoms with Crippen LogP contribution in [0.15, 0.2) is 164 Å². The highest BCUT2D eigenvalue weighted by molar-refractivity contribution is 6.09. The van der Waals surface area contributed by atoms with Crippen LogP contribution in [0.4, 0.5) is 11.4 Å². The van der Waals surface area contributed by atoms with E-state index in [2.05, 4.69) is 235 Å². The standard InChI is InChI=1S/C56H56N4O/c1-54(2,3)41-26-27-57-53(33-41)60-50-23-17-16-22-48(50)49-25-24-46(35-51(49)60)61-47-32-43(56(7,8)9)30-44(34-47)58-36-52(39-20-14-11-15-21-39)59(37-58)45-29-40(38-18-12-10-13-19-38)28-42(31-45)55(4,5)6/h10-36H,37H2,1-9H3. The van der Waals surface area contributed by atoms with Gasteiger partial charge in [0.25, 0.3) is 0 Å². The van der Waals surface area contributed by atoms with E-state index in [9.17, 15) is 0 Å². The van der Waals surface area contributed by atoms with Crippen molar-refractivity contribution >= 4 is 38.9 Å². The summed E-state index contributed by atoms with van der Waals surface area (Å²) in [5, 5.41) is 2.35. The molecule has 6 aromatic carbocycles. The van der Waals surface area contributed by atoms with Crippen molar-refractivity contribution < 1.29 is 4.74 Å². The van der Waals surface area contributed by atoms with Crippen molar-refractivity contribution in [2.45, 2.75) is 78.6 Å². The molecule has 0 saturated carbocycles. The van der Waals surface area contributed by atoms with Crippen molar-refractivity contribution in [2.75, 3.05) is 16.5 Å². The van der Waals surface area contributed by atoms with Crippen molar-refractivity contribution in [3.8, 4) is 28.4 Å². The van der Waals surface area contributed by atoms with Gasteiger partial charge in [-0.1, -0.05) is 147 Å². The normalized spacial score (nSPS) is 13.6. The van der Waals surface area contributed by atoms with Crippen molar-refractivity contribution in [1.82, 2.24) is 9.55 Å². The Morgan fingerprint density at radius 2 is 1.10 bits per heavy atom. The first kappa shape index (κ1) is 39.8.